The molecule has 2 rings (SSSR count). The predicted molar refractivity (Wildman–Crippen MR) is 79.0 cm³/mol. The molecule has 0 atom stereocenters. The second kappa shape index (κ2) is 6.85. The molecule has 0 saturated carbocycles. The van der Waals surface area contributed by atoms with Gasteiger partial charge in [-0.1, -0.05) is 0 Å². The zero-order chi connectivity index (χ0) is 14.5. The molecule has 1 aliphatic rings. The van der Waals surface area contributed by atoms with E-state index in [9.17, 15) is 4.79 Å². The summed E-state index contributed by atoms with van der Waals surface area (Å²) in [5.74, 6) is 1.00. The van der Waals surface area contributed by atoms with Gasteiger partial charge < -0.3 is 19.9 Å². The summed E-state index contributed by atoms with van der Waals surface area (Å²) in [6, 6.07) is 0. The summed E-state index contributed by atoms with van der Waals surface area (Å²) < 4.78 is 5.81. The highest BCUT2D eigenvalue weighted by Crippen LogP contribution is 2.22. The van der Waals surface area contributed by atoms with Crippen LogP contribution in [0.1, 0.15) is 0 Å². The third kappa shape index (κ3) is 3.57. The number of methoxy groups -OCH3 is 1. The molecule has 1 fully saturated rings. The number of carbonyl (C=O) groups excluding carboxylic acids is 1. The van der Waals surface area contributed by atoms with E-state index in [-0.39, 0.29) is 12.5 Å². The summed E-state index contributed by atoms with van der Waals surface area (Å²) in [7, 11) is 3.34. The fourth-order valence-corrected chi connectivity index (χ4v) is 2.31. The topological polar surface area (TPSA) is 70.6 Å². The van der Waals surface area contributed by atoms with Gasteiger partial charge >= 0.3 is 0 Å². The summed E-state index contributed by atoms with van der Waals surface area (Å²) in [4.78, 5) is 24.2. The van der Waals surface area contributed by atoms with E-state index >= 15 is 0 Å². The van der Waals surface area contributed by atoms with Crippen molar-refractivity contribution < 1.29 is 9.53 Å². The Balaban J connectivity index is 2.00. The first-order valence-electron chi connectivity index (χ1n) is 6.38. The van der Waals surface area contributed by atoms with Crippen LogP contribution in [-0.4, -0.2) is 67.7 Å². The van der Waals surface area contributed by atoms with Crippen LogP contribution in [0.5, 0.6) is 5.88 Å². The van der Waals surface area contributed by atoms with Crippen molar-refractivity contribution in [2.45, 2.75) is 0 Å². The van der Waals surface area contributed by atoms with Crippen LogP contribution in [0.3, 0.4) is 0 Å². The molecule has 1 N–H and O–H groups in total. The van der Waals surface area contributed by atoms with Crippen LogP contribution in [0.25, 0.3) is 0 Å². The average Bonchev–Trinajstić information content (AvgIpc) is 2.48. The minimum Gasteiger partial charge on any atom is -0.480 e. The molecule has 7 nitrogen and oxygen atoms in total. The lowest BCUT2D eigenvalue weighted by atomic mass is 10.3. The Kier molecular flexibility index (Phi) is 5.13. The molecule has 1 amide bonds. The Morgan fingerprint density at radius 2 is 2.25 bits per heavy atom. The van der Waals surface area contributed by atoms with E-state index < -0.39 is 0 Å². The lowest BCUT2D eigenvalue weighted by Crippen LogP contribution is -2.49. The summed E-state index contributed by atoms with van der Waals surface area (Å²) in [5.41, 5.74) is 0. The quantitative estimate of drug-likeness (QED) is 0.837. The Hall–Kier alpha value is -1.41. The maximum atomic E-state index is 12.2. The first-order valence-corrected chi connectivity index (χ1v) is 7.17. The number of nitrogens with zero attached hydrogens (tertiary/aromatic N) is 4. The van der Waals surface area contributed by atoms with Crippen LogP contribution in [0, 0.1) is 0 Å². The molecule has 20 heavy (non-hydrogen) atoms. The fourth-order valence-electron chi connectivity index (χ4n) is 1.96. The fraction of sp³-hybridized carbons (Fsp3) is 0.583. The van der Waals surface area contributed by atoms with Crippen molar-refractivity contribution in [2.75, 3.05) is 51.8 Å². The van der Waals surface area contributed by atoms with E-state index in [0.29, 0.717) is 16.3 Å². The van der Waals surface area contributed by atoms with Gasteiger partial charge in [-0.05, 0) is 15.9 Å². The number of nitrogens with one attached hydrogen (secondary N) is 1. The minimum absolute atomic E-state index is 0.0829. The highest BCUT2D eigenvalue weighted by atomic mass is 79.9. The molecule has 1 saturated heterocycles. The van der Waals surface area contributed by atoms with Crippen molar-refractivity contribution in [3.05, 3.63) is 10.7 Å². The maximum absolute atomic E-state index is 12.2. The van der Waals surface area contributed by atoms with Gasteiger partial charge in [0.05, 0.1) is 24.3 Å². The molecular formula is C12H18BrN5O2. The van der Waals surface area contributed by atoms with E-state index in [1.54, 1.807) is 25.3 Å². The standard InChI is InChI=1S/C12H18BrN5O2/c1-17(8-10(19)18-5-3-14-4-6-18)12-15-7-9(13)11(16-12)20-2/h7,14H,3-6,8H2,1-2H3. The lowest BCUT2D eigenvalue weighted by molar-refractivity contribution is -0.130. The minimum atomic E-state index is 0.0829. The van der Waals surface area contributed by atoms with Crippen molar-refractivity contribution in [3.8, 4) is 5.88 Å². The van der Waals surface area contributed by atoms with Gasteiger partial charge in [0.2, 0.25) is 17.7 Å². The van der Waals surface area contributed by atoms with E-state index in [4.69, 9.17) is 4.74 Å². The molecule has 1 aliphatic heterocycles. The SMILES string of the molecule is COc1nc(N(C)CC(=O)N2CCNCC2)ncc1Br. The van der Waals surface area contributed by atoms with Gasteiger partial charge in [-0.25, -0.2) is 4.98 Å². The molecule has 1 aromatic rings. The number of amides is 1. The van der Waals surface area contributed by atoms with Crippen LogP contribution >= 0.6 is 15.9 Å². The van der Waals surface area contributed by atoms with Crippen LogP contribution in [0.2, 0.25) is 0 Å². The first-order chi connectivity index (χ1) is 9.61. The van der Waals surface area contributed by atoms with Gasteiger partial charge in [0.15, 0.2) is 0 Å². The highest BCUT2D eigenvalue weighted by molar-refractivity contribution is 9.10. The first kappa shape index (κ1) is 15.0. The monoisotopic (exact) mass is 343 g/mol. The van der Waals surface area contributed by atoms with Crippen molar-refractivity contribution in [1.29, 1.82) is 0 Å². The molecule has 0 spiro atoms. The second-order valence-corrected chi connectivity index (χ2v) is 5.37. The highest BCUT2D eigenvalue weighted by Gasteiger charge is 2.19. The van der Waals surface area contributed by atoms with E-state index in [0.717, 1.165) is 26.2 Å². The van der Waals surface area contributed by atoms with Gasteiger partial charge in [0, 0.05) is 33.2 Å². The number of likely N-dealkylation sites (N-methyl/N-ethyl adjacent to an activating group) is 1. The molecule has 0 unspecified atom stereocenters. The third-order valence-electron chi connectivity index (χ3n) is 3.08. The second-order valence-electron chi connectivity index (χ2n) is 4.51. The predicted octanol–water partition coefficient (Wildman–Crippen LogP) is 0.116. The van der Waals surface area contributed by atoms with Crippen molar-refractivity contribution >= 4 is 27.8 Å². The zero-order valence-electron chi connectivity index (χ0n) is 11.6. The number of anilines is 1. The molecule has 0 radical (unpaired) electrons. The normalized spacial score (nSPS) is 15.1. The Bertz CT molecular complexity index is 479. The molecule has 8 heteroatoms. The average molecular weight is 344 g/mol. The van der Waals surface area contributed by atoms with Crippen molar-refractivity contribution in [3.63, 3.8) is 0 Å². The number of hydrogen-bond donors (Lipinski definition) is 1. The summed E-state index contributed by atoms with van der Waals surface area (Å²) >= 11 is 3.30. The summed E-state index contributed by atoms with van der Waals surface area (Å²) in [6.07, 6.45) is 1.62. The largest absolute Gasteiger partial charge is 0.480 e. The molecule has 110 valence electrons. The number of piperazine rings is 1. The van der Waals surface area contributed by atoms with Crippen molar-refractivity contribution in [1.82, 2.24) is 20.2 Å². The Morgan fingerprint density at radius 1 is 1.55 bits per heavy atom. The smallest absolute Gasteiger partial charge is 0.242 e. The maximum Gasteiger partial charge on any atom is 0.242 e. The van der Waals surface area contributed by atoms with Crippen LogP contribution < -0.4 is 15.0 Å². The number of rotatable bonds is 4. The number of halogens is 1. The van der Waals surface area contributed by atoms with Crippen LogP contribution in [0.4, 0.5) is 5.95 Å². The van der Waals surface area contributed by atoms with E-state index in [1.165, 1.54) is 0 Å². The van der Waals surface area contributed by atoms with Gasteiger partial charge in [-0.15, -0.1) is 0 Å². The molecule has 0 aliphatic carbocycles. The van der Waals surface area contributed by atoms with Gasteiger partial charge in [-0.3, -0.25) is 4.79 Å². The van der Waals surface area contributed by atoms with Crippen LogP contribution in [0.15, 0.2) is 10.7 Å². The van der Waals surface area contributed by atoms with E-state index in [2.05, 4.69) is 31.2 Å². The molecule has 2 heterocycles. The summed E-state index contributed by atoms with van der Waals surface area (Å²) in [6.45, 7) is 3.44. The molecule has 0 bridgehead atoms. The van der Waals surface area contributed by atoms with Crippen LogP contribution in [-0.2, 0) is 4.79 Å². The Morgan fingerprint density at radius 3 is 2.90 bits per heavy atom. The third-order valence-corrected chi connectivity index (χ3v) is 3.62. The van der Waals surface area contributed by atoms with Crippen molar-refractivity contribution in [2.24, 2.45) is 0 Å². The number of aromatic nitrogens is 2. The number of carbonyl (C=O) groups is 1. The Labute approximate surface area is 126 Å². The number of ether oxygens (including phenoxy) is 1. The molecule has 0 aromatic carbocycles. The molecular weight excluding hydrogens is 326 g/mol. The number of hydrogen-bond acceptors (Lipinski definition) is 6. The lowest BCUT2D eigenvalue weighted by Gasteiger charge is -2.29. The van der Waals surface area contributed by atoms with Gasteiger partial charge in [0.25, 0.3) is 0 Å². The summed E-state index contributed by atoms with van der Waals surface area (Å²) in [5, 5.41) is 3.22. The van der Waals surface area contributed by atoms with Gasteiger partial charge in [-0.2, -0.15) is 4.98 Å². The van der Waals surface area contributed by atoms with E-state index in [1.807, 2.05) is 4.90 Å². The molecule has 1 aromatic heterocycles. The zero-order valence-corrected chi connectivity index (χ0v) is 13.2. The van der Waals surface area contributed by atoms with Gasteiger partial charge in [0.1, 0.15) is 0 Å².